The number of benzene rings is 2. The molecule has 2 aromatic rings. The highest BCUT2D eigenvalue weighted by atomic mass is 16.5. The number of hydrogen-bond acceptors (Lipinski definition) is 4. The first kappa shape index (κ1) is 21.2. The number of likely N-dealkylation sites (tertiary alicyclic amines) is 1. The summed E-state index contributed by atoms with van der Waals surface area (Å²) in [7, 11) is 1.59. The molecule has 156 valence electrons. The van der Waals surface area contributed by atoms with E-state index in [2.05, 4.69) is 41.4 Å². The van der Waals surface area contributed by atoms with Gasteiger partial charge in [0.2, 0.25) is 0 Å². The third kappa shape index (κ3) is 6.50. The molecule has 1 atom stereocenters. The largest absolute Gasteiger partial charge is 0.493 e. The van der Waals surface area contributed by atoms with Crippen LogP contribution in [0.3, 0.4) is 0 Å². The fraction of sp³-hybridized carbons (Fsp3) is 0.458. The van der Waals surface area contributed by atoms with E-state index in [1.807, 2.05) is 25.1 Å². The number of hydrogen-bond donors (Lipinski definition) is 1. The molecular formula is C24H32N2O3. The molecule has 1 N–H and O–H groups in total. The van der Waals surface area contributed by atoms with Crippen LogP contribution in [-0.4, -0.2) is 37.6 Å². The van der Waals surface area contributed by atoms with Gasteiger partial charge in [-0.15, -0.1) is 0 Å². The van der Waals surface area contributed by atoms with E-state index in [1.165, 1.54) is 31.5 Å². The summed E-state index contributed by atoms with van der Waals surface area (Å²) in [5.41, 5.74) is 3.49. The average Bonchev–Trinajstić information content (AvgIpc) is 2.72. The SMILES string of the molecule is COc1cc(C)ccc1OCC(=O)NCc1ccc(CN2CCCC(C)C2)cc1. The van der Waals surface area contributed by atoms with Crippen LogP contribution in [0.2, 0.25) is 0 Å². The number of piperidine rings is 1. The fourth-order valence-electron chi connectivity index (χ4n) is 3.74. The van der Waals surface area contributed by atoms with Gasteiger partial charge in [0.15, 0.2) is 18.1 Å². The van der Waals surface area contributed by atoms with Crippen LogP contribution in [0.4, 0.5) is 0 Å². The predicted molar refractivity (Wildman–Crippen MR) is 115 cm³/mol. The highest BCUT2D eigenvalue weighted by Crippen LogP contribution is 2.27. The highest BCUT2D eigenvalue weighted by molar-refractivity contribution is 5.77. The Labute approximate surface area is 174 Å². The van der Waals surface area contributed by atoms with Gasteiger partial charge in [0, 0.05) is 19.6 Å². The number of ether oxygens (including phenoxy) is 2. The van der Waals surface area contributed by atoms with E-state index < -0.39 is 0 Å². The molecule has 0 spiro atoms. The molecule has 1 aliphatic rings. The second-order valence-corrected chi connectivity index (χ2v) is 8.02. The third-order valence-corrected chi connectivity index (χ3v) is 5.34. The van der Waals surface area contributed by atoms with Gasteiger partial charge < -0.3 is 14.8 Å². The molecule has 29 heavy (non-hydrogen) atoms. The molecule has 1 amide bonds. The van der Waals surface area contributed by atoms with Gasteiger partial charge in [0.05, 0.1) is 7.11 Å². The van der Waals surface area contributed by atoms with Gasteiger partial charge in [0.1, 0.15) is 0 Å². The minimum Gasteiger partial charge on any atom is -0.493 e. The maximum absolute atomic E-state index is 12.1. The van der Waals surface area contributed by atoms with E-state index in [9.17, 15) is 4.79 Å². The Balaban J connectivity index is 1.43. The predicted octanol–water partition coefficient (Wildman–Crippen LogP) is 3.93. The Morgan fingerprint density at radius 3 is 2.62 bits per heavy atom. The number of nitrogens with zero attached hydrogens (tertiary/aromatic N) is 1. The van der Waals surface area contributed by atoms with E-state index in [-0.39, 0.29) is 12.5 Å². The molecule has 1 heterocycles. The minimum absolute atomic E-state index is 0.0371. The van der Waals surface area contributed by atoms with Crippen molar-refractivity contribution in [3.05, 3.63) is 59.2 Å². The number of carbonyl (C=O) groups excluding carboxylic acids is 1. The number of nitrogens with one attached hydrogen (secondary N) is 1. The van der Waals surface area contributed by atoms with Gasteiger partial charge >= 0.3 is 0 Å². The number of methoxy groups -OCH3 is 1. The molecule has 1 saturated heterocycles. The molecule has 0 bridgehead atoms. The Bertz CT molecular complexity index is 804. The summed E-state index contributed by atoms with van der Waals surface area (Å²) in [5, 5.41) is 2.91. The lowest BCUT2D eigenvalue weighted by Gasteiger charge is -2.30. The summed E-state index contributed by atoms with van der Waals surface area (Å²) in [6.07, 6.45) is 2.64. The summed E-state index contributed by atoms with van der Waals surface area (Å²) in [6.45, 7) is 8.15. The molecule has 0 aromatic heterocycles. The van der Waals surface area contributed by atoms with Crippen LogP contribution >= 0.6 is 0 Å². The zero-order valence-electron chi connectivity index (χ0n) is 17.7. The second-order valence-electron chi connectivity index (χ2n) is 8.02. The molecule has 0 saturated carbocycles. The summed E-state index contributed by atoms with van der Waals surface area (Å²) in [4.78, 5) is 14.7. The Hall–Kier alpha value is -2.53. The number of rotatable bonds is 8. The van der Waals surface area contributed by atoms with Crippen LogP contribution in [0.15, 0.2) is 42.5 Å². The Morgan fingerprint density at radius 2 is 1.90 bits per heavy atom. The maximum atomic E-state index is 12.1. The van der Waals surface area contributed by atoms with Crippen LogP contribution in [-0.2, 0) is 17.9 Å². The van der Waals surface area contributed by atoms with E-state index in [0.29, 0.717) is 18.0 Å². The first-order valence-electron chi connectivity index (χ1n) is 10.4. The van der Waals surface area contributed by atoms with Gasteiger partial charge in [-0.1, -0.05) is 37.3 Å². The van der Waals surface area contributed by atoms with Gasteiger partial charge in [0.25, 0.3) is 5.91 Å². The molecular weight excluding hydrogens is 364 g/mol. The van der Waals surface area contributed by atoms with Crippen molar-refractivity contribution in [2.75, 3.05) is 26.8 Å². The van der Waals surface area contributed by atoms with Crippen molar-refractivity contribution >= 4 is 5.91 Å². The maximum Gasteiger partial charge on any atom is 0.258 e. The topological polar surface area (TPSA) is 50.8 Å². The van der Waals surface area contributed by atoms with Crippen LogP contribution in [0, 0.1) is 12.8 Å². The smallest absolute Gasteiger partial charge is 0.258 e. The molecule has 0 aliphatic carbocycles. The highest BCUT2D eigenvalue weighted by Gasteiger charge is 2.16. The quantitative estimate of drug-likeness (QED) is 0.735. The standard InChI is InChI=1S/C24H32N2O3/c1-18-6-11-22(23(13-18)28-3)29-17-24(27)25-14-20-7-9-21(10-8-20)16-26-12-4-5-19(2)15-26/h6-11,13,19H,4-5,12,14-17H2,1-3H3,(H,25,27). The van der Waals surface area contributed by atoms with E-state index in [4.69, 9.17) is 9.47 Å². The van der Waals surface area contributed by atoms with Crippen LogP contribution in [0.1, 0.15) is 36.5 Å². The van der Waals surface area contributed by atoms with Gasteiger partial charge in [-0.3, -0.25) is 9.69 Å². The molecule has 5 nitrogen and oxygen atoms in total. The van der Waals surface area contributed by atoms with Gasteiger partial charge in [-0.25, -0.2) is 0 Å². The second kappa shape index (κ2) is 10.3. The zero-order valence-corrected chi connectivity index (χ0v) is 17.7. The fourth-order valence-corrected chi connectivity index (χ4v) is 3.74. The van der Waals surface area contributed by atoms with Crippen LogP contribution < -0.4 is 14.8 Å². The van der Waals surface area contributed by atoms with Crippen LogP contribution in [0.25, 0.3) is 0 Å². The molecule has 0 radical (unpaired) electrons. The third-order valence-electron chi connectivity index (χ3n) is 5.34. The van der Waals surface area contributed by atoms with Crippen LogP contribution in [0.5, 0.6) is 11.5 Å². The van der Waals surface area contributed by atoms with Gasteiger partial charge in [-0.2, -0.15) is 0 Å². The molecule has 3 rings (SSSR count). The number of carbonyl (C=O) groups is 1. The van der Waals surface area contributed by atoms with E-state index in [0.717, 1.165) is 23.6 Å². The van der Waals surface area contributed by atoms with Gasteiger partial charge in [-0.05, 0) is 61.1 Å². The van der Waals surface area contributed by atoms with Crippen molar-refractivity contribution in [3.63, 3.8) is 0 Å². The Morgan fingerprint density at radius 1 is 1.14 bits per heavy atom. The summed E-state index contributed by atoms with van der Waals surface area (Å²) >= 11 is 0. The molecule has 1 fully saturated rings. The number of amides is 1. The lowest BCUT2D eigenvalue weighted by Crippen LogP contribution is -2.33. The van der Waals surface area contributed by atoms with E-state index in [1.54, 1.807) is 7.11 Å². The van der Waals surface area contributed by atoms with Crippen molar-refractivity contribution in [1.29, 1.82) is 0 Å². The first-order chi connectivity index (χ1) is 14.0. The van der Waals surface area contributed by atoms with Crippen molar-refractivity contribution in [3.8, 4) is 11.5 Å². The average molecular weight is 397 g/mol. The molecule has 5 heteroatoms. The first-order valence-corrected chi connectivity index (χ1v) is 10.4. The number of aryl methyl sites for hydroxylation is 1. The lowest BCUT2D eigenvalue weighted by atomic mass is 9.99. The summed E-state index contributed by atoms with van der Waals surface area (Å²) in [6, 6.07) is 14.1. The van der Waals surface area contributed by atoms with Crippen molar-refractivity contribution in [2.45, 2.75) is 39.8 Å². The Kier molecular flexibility index (Phi) is 7.53. The zero-order chi connectivity index (χ0) is 20.6. The molecule has 1 unspecified atom stereocenters. The van der Waals surface area contributed by atoms with Crippen molar-refractivity contribution in [2.24, 2.45) is 5.92 Å². The minimum atomic E-state index is -0.154. The molecule has 2 aromatic carbocycles. The lowest BCUT2D eigenvalue weighted by molar-refractivity contribution is -0.123. The molecule has 1 aliphatic heterocycles. The van der Waals surface area contributed by atoms with Crippen molar-refractivity contribution < 1.29 is 14.3 Å². The van der Waals surface area contributed by atoms with E-state index >= 15 is 0 Å². The monoisotopic (exact) mass is 396 g/mol. The van der Waals surface area contributed by atoms with Crippen molar-refractivity contribution in [1.82, 2.24) is 10.2 Å². The summed E-state index contributed by atoms with van der Waals surface area (Å²) in [5.74, 6) is 1.85. The normalized spacial score (nSPS) is 17.0. The summed E-state index contributed by atoms with van der Waals surface area (Å²) < 4.78 is 10.9.